The van der Waals surface area contributed by atoms with Crippen molar-refractivity contribution in [3.63, 3.8) is 0 Å². The van der Waals surface area contributed by atoms with Gasteiger partial charge in [0.25, 0.3) is 5.91 Å². The Morgan fingerprint density at radius 1 is 1.10 bits per heavy atom. The van der Waals surface area contributed by atoms with Gasteiger partial charge in [-0.2, -0.15) is 5.10 Å². The lowest BCUT2D eigenvalue weighted by Gasteiger charge is -2.35. The van der Waals surface area contributed by atoms with Crippen LogP contribution in [0.15, 0.2) is 12.4 Å². The quantitative estimate of drug-likeness (QED) is 0.426. The smallest absolute Gasteiger partial charge is 0.251 e. The fraction of sp³-hybridized carbons (Fsp3) is 0.762. The van der Waals surface area contributed by atoms with Gasteiger partial charge in [0.1, 0.15) is 6.04 Å². The van der Waals surface area contributed by atoms with E-state index in [2.05, 4.69) is 25.5 Å². The topological polar surface area (TPSA) is 109 Å². The summed E-state index contributed by atoms with van der Waals surface area (Å²) in [6, 6.07) is 0.0392. The van der Waals surface area contributed by atoms with E-state index < -0.39 is 0 Å². The molecule has 1 aliphatic carbocycles. The Morgan fingerprint density at radius 3 is 2.60 bits per heavy atom. The average Bonchev–Trinajstić information content (AvgIpc) is 3.23. The molecule has 0 spiro atoms. The molecule has 3 heterocycles. The van der Waals surface area contributed by atoms with Crippen LogP contribution >= 0.6 is 0 Å². The normalized spacial score (nSPS) is 28.6. The molecule has 1 aromatic heterocycles. The highest BCUT2D eigenvalue weighted by Gasteiger charge is 2.29. The number of imide groups is 1. The maximum Gasteiger partial charge on any atom is 0.251 e. The second-order valence-corrected chi connectivity index (χ2v) is 8.96. The zero-order valence-electron chi connectivity index (χ0n) is 17.8. The van der Waals surface area contributed by atoms with E-state index in [1.165, 1.54) is 25.7 Å². The molecular formula is C21H35N7O2. The average molecular weight is 418 g/mol. The van der Waals surface area contributed by atoms with Gasteiger partial charge in [0.2, 0.25) is 5.91 Å². The second-order valence-electron chi connectivity index (χ2n) is 8.96. The summed E-state index contributed by atoms with van der Waals surface area (Å²) in [5, 5.41) is 10.4. The number of anilines is 1. The molecule has 9 heteroatoms. The van der Waals surface area contributed by atoms with Crippen molar-refractivity contribution in [2.75, 3.05) is 50.7 Å². The number of nitrogens with two attached hydrogens (primary N) is 1. The lowest BCUT2D eigenvalue weighted by molar-refractivity contribution is -0.135. The number of hydrogen-bond acceptors (Lipinski definition) is 7. The van der Waals surface area contributed by atoms with Crippen LogP contribution in [-0.2, 0) is 9.59 Å². The van der Waals surface area contributed by atoms with Crippen molar-refractivity contribution in [1.82, 2.24) is 25.3 Å². The summed E-state index contributed by atoms with van der Waals surface area (Å²) in [7, 11) is 0. The molecule has 0 aromatic carbocycles. The molecule has 0 bridgehead atoms. The highest BCUT2D eigenvalue weighted by Crippen LogP contribution is 2.23. The molecule has 3 aliphatic rings. The van der Waals surface area contributed by atoms with Gasteiger partial charge in [0, 0.05) is 57.9 Å². The number of carbonyl (C=O) groups is 2. The fourth-order valence-corrected chi connectivity index (χ4v) is 4.76. The van der Waals surface area contributed by atoms with Crippen molar-refractivity contribution in [1.29, 1.82) is 0 Å². The SMILES string of the molecule is NC1CCC(CNCCN2CCN(c3cnn(C4CCC(=O)NC4=O)c3)CC2)CC1. The van der Waals surface area contributed by atoms with Crippen molar-refractivity contribution in [2.45, 2.75) is 50.6 Å². The molecule has 2 amide bonds. The van der Waals surface area contributed by atoms with E-state index in [0.717, 1.165) is 57.4 Å². The van der Waals surface area contributed by atoms with E-state index in [0.29, 0.717) is 18.9 Å². The summed E-state index contributed by atoms with van der Waals surface area (Å²) in [5.74, 6) is 0.342. The molecule has 1 saturated carbocycles. The van der Waals surface area contributed by atoms with Crippen LogP contribution in [0.2, 0.25) is 0 Å². The first-order chi connectivity index (χ1) is 14.6. The Hall–Kier alpha value is -1.97. The maximum absolute atomic E-state index is 12.0. The predicted octanol–water partition coefficient (Wildman–Crippen LogP) is 0.0899. The third-order valence-electron chi connectivity index (χ3n) is 6.78. The van der Waals surface area contributed by atoms with E-state index in [9.17, 15) is 9.59 Å². The first-order valence-corrected chi connectivity index (χ1v) is 11.4. The number of nitrogens with one attached hydrogen (secondary N) is 2. The monoisotopic (exact) mass is 417 g/mol. The molecule has 30 heavy (non-hydrogen) atoms. The van der Waals surface area contributed by atoms with Crippen LogP contribution in [0.25, 0.3) is 0 Å². The van der Waals surface area contributed by atoms with Gasteiger partial charge in [0.05, 0.1) is 11.9 Å². The van der Waals surface area contributed by atoms with Crippen molar-refractivity contribution >= 4 is 17.5 Å². The molecule has 0 radical (unpaired) electrons. The zero-order valence-corrected chi connectivity index (χ0v) is 17.8. The molecule has 1 aromatic rings. The zero-order chi connectivity index (χ0) is 20.9. The lowest BCUT2D eigenvalue weighted by Crippen LogP contribution is -2.48. The van der Waals surface area contributed by atoms with Crippen LogP contribution in [0.1, 0.15) is 44.6 Å². The van der Waals surface area contributed by atoms with Crippen LogP contribution in [0.5, 0.6) is 0 Å². The van der Waals surface area contributed by atoms with E-state index in [4.69, 9.17) is 5.73 Å². The predicted molar refractivity (Wildman–Crippen MR) is 115 cm³/mol. The summed E-state index contributed by atoms with van der Waals surface area (Å²) in [5.41, 5.74) is 7.04. The summed E-state index contributed by atoms with van der Waals surface area (Å²) >= 11 is 0. The van der Waals surface area contributed by atoms with Crippen molar-refractivity contribution in [2.24, 2.45) is 11.7 Å². The summed E-state index contributed by atoms with van der Waals surface area (Å²) < 4.78 is 1.70. The minimum Gasteiger partial charge on any atom is -0.366 e. The van der Waals surface area contributed by atoms with Gasteiger partial charge in [-0.15, -0.1) is 0 Å². The maximum atomic E-state index is 12.0. The summed E-state index contributed by atoms with van der Waals surface area (Å²) in [6.07, 6.45) is 9.53. The van der Waals surface area contributed by atoms with Crippen molar-refractivity contribution in [3.05, 3.63) is 12.4 Å². The molecular weight excluding hydrogens is 382 g/mol. The third-order valence-corrected chi connectivity index (χ3v) is 6.78. The third kappa shape index (κ3) is 5.39. The highest BCUT2D eigenvalue weighted by molar-refractivity contribution is 5.99. The molecule has 1 atom stereocenters. The van der Waals surface area contributed by atoms with Gasteiger partial charge < -0.3 is 16.0 Å². The fourth-order valence-electron chi connectivity index (χ4n) is 4.76. The van der Waals surface area contributed by atoms with E-state index in [1.54, 1.807) is 4.68 Å². The van der Waals surface area contributed by atoms with Crippen LogP contribution in [0.3, 0.4) is 0 Å². The molecule has 3 fully saturated rings. The van der Waals surface area contributed by atoms with Gasteiger partial charge in [-0.1, -0.05) is 0 Å². The van der Waals surface area contributed by atoms with E-state index >= 15 is 0 Å². The molecule has 2 saturated heterocycles. The first kappa shape index (κ1) is 21.3. The number of amides is 2. The molecule has 4 N–H and O–H groups in total. The van der Waals surface area contributed by atoms with Gasteiger partial charge in [-0.3, -0.25) is 24.5 Å². The molecule has 9 nitrogen and oxygen atoms in total. The van der Waals surface area contributed by atoms with Crippen LogP contribution in [0, 0.1) is 5.92 Å². The Labute approximate surface area is 178 Å². The minimum atomic E-state index is -0.385. The second kappa shape index (κ2) is 9.89. The van der Waals surface area contributed by atoms with Gasteiger partial charge in [-0.05, 0) is 44.6 Å². The van der Waals surface area contributed by atoms with Crippen LogP contribution < -0.4 is 21.3 Å². The molecule has 2 aliphatic heterocycles. The largest absolute Gasteiger partial charge is 0.366 e. The Morgan fingerprint density at radius 2 is 1.87 bits per heavy atom. The van der Waals surface area contributed by atoms with Gasteiger partial charge in [-0.25, -0.2) is 0 Å². The van der Waals surface area contributed by atoms with Crippen LogP contribution in [0.4, 0.5) is 5.69 Å². The molecule has 4 rings (SSSR count). The number of piperidine rings is 1. The number of hydrogen-bond donors (Lipinski definition) is 3. The minimum absolute atomic E-state index is 0.197. The van der Waals surface area contributed by atoms with Crippen molar-refractivity contribution < 1.29 is 9.59 Å². The Kier molecular flexibility index (Phi) is 7.01. The molecule has 166 valence electrons. The highest BCUT2D eigenvalue weighted by atomic mass is 16.2. The summed E-state index contributed by atoms with van der Waals surface area (Å²) in [4.78, 5) is 28.2. The lowest BCUT2D eigenvalue weighted by atomic mass is 9.86. The number of piperazine rings is 1. The van der Waals surface area contributed by atoms with Gasteiger partial charge >= 0.3 is 0 Å². The van der Waals surface area contributed by atoms with Crippen molar-refractivity contribution in [3.8, 4) is 0 Å². The van der Waals surface area contributed by atoms with Gasteiger partial charge in [0.15, 0.2) is 0 Å². The Balaban J connectivity index is 1.16. The first-order valence-electron chi connectivity index (χ1n) is 11.4. The number of aromatic nitrogens is 2. The number of nitrogens with zero attached hydrogens (tertiary/aromatic N) is 4. The van der Waals surface area contributed by atoms with E-state index in [1.807, 2.05) is 12.4 Å². The Bertz CT molecular complexity index is 721. The number of rotatable bonds is 7. The van der Waals surface area contributed by atoms with Crippen LogP contribution in [-0.4, -0.2) is 78.3 Å². The standard InChI is InChI=1S/C21H35N7O2/c22-17-3-1-16(2-4-17)13-23-7-8-26-9-11-27(12-10-26)18-14-24-28(15-18)19-5-6-20(29)25-21(19)30/h14-17,19,23H,1-13,22H2,(H,25,29,30). The number of carbonyl (C=O) groups excluding carboxylic acids is 2. The summed E-state index contributed by atoms with van der Waals surface area (Å²) in [6.45, 7) is 7.22. The molecule has 1 unspecified atom stereocenters. The van der Waals surface area contributed by atoms with E-state index in [-0.39, 0.29) is 17.9 Å².